The normalized spacial score (nSPS) is 18.1. The molecule has 1 aliphatic rings. The predicted molar refractivity (Wildman–Crippen MR) is 89.6 cm³/mol. The Hall–Kier alpha value is -0.920. The fourth-order valence-electron chi connectivity index (χ4n) is 3.26. The van der Waals surface area contributed by atoms with E-state index in [1.807, 2.05) is 0 Å². The Labute approximate surface area is 142 Å². The quantitative estimate of drug-likeness (QED) is 0.642. The van der Waals surface area contributed by atoms with Gasteiger partial charge in [0.25, 0.3) is 5.24 Å². The Kier molecular flexibility index (Phi) is 5.23. The second kappa shape index (κ2) is 6.53. The zero-order chi connectivity index (χ0) is 17.4. The van der Waals surface area contributed by atoms with Crippen molar-refractivity contribution in [2.75, 3.05) is 6.26 Å². The van der Waals surface area contributed by atoms with Crippen molar-refractivity contribution in [2.45, 2.75) is 48.7 Å². The summed E-state index contributed by atoms with van der Waals surface area (Å²) >= 11 is 5.51. The van der Waals surface area contributed by atoms with Crippen LogP contribution in [0.2, 0.25) is 0 Å². The Morgan fingerprint density at radius 1 is 1.17 bits per heavy atom. The average molecular weight is 379 g/mol. The van der Waals surface area contributed by atoms with Crippen LogP contribution in [-0.4, -0.2) is 28.3 Å². The van der Waals surface area contributed by atoms with Crippen LogP contribution in [-0.2, 0) is 25.3 Å². The molecule has 0 atom stereocenters. The van der Waals surface area contributed by atoms with Gasteiger partial charge in [0.05, 0.1) is 9.64 Å². The first-order valence-corrected chi connectivity index (χ1v) is 10.7. The number of carbonyl (C=O) groups excluding carboxylic acids is 1. The molecule has 0 aromatic heterocycles. The molecule has 128 valence electrons. The number of hydrogen-bond donors (Lipinski definition) is 1. The molecule has 0 N–H and O–H groups in total. The summed E-state index contributed by atoms with van der Waals surface area (Å²) in [6.45, 7) is 1.62. The monoisotopic (exact) mass is 378 g/mol. The van der Waals surface area contributed by atoms with Crippen molar-refractivity contribution in [1.82, 2.24) is 0 Å². The van der Waals surface area contributed by atoms with Crippen molar-refractivity contribution < 1.29 is 21.6 Å². The summed E-state index contributed by atoms with van der Waals surface area (Å²) in [5, 5.41) is -0.761. The highest BCUT2D eigenvalue weighted by molar-refractivity contribution is 7.90. The van der Waals surface area contributed by atoms with Gasteiger partial charge in [-0.1, -0.05) is 25.3 Å². The molecule has 0 bridgehead atoms. The van der Waals surface area contributed by atoms with E-state index in [1.54, 1.807) is 6.92 Å². The highest BCUT2D eigenvalue weighted by atomic mass is 35.5. The third kappa shape index (κ3) is 3.46. The Bertz CT molecular complexity index is 811. The standard InChI is InChI=1S/C15H19ClO5S2/c1-10-8-12(15(22(18)19)6-4-3-5-7-15)13(23(2,20)21)9-11(10)14(16)17/h8-9,22H,3-7H2,1-2H3. The maximum atomic E-state index is 12.2. The van der Waals surface area contributed by atoms with E-state index in [-0.39, 0.29) is 16.0 Å². The van der Waals surface area contributed by atoms with E-state index in [1.165, 1.54) is 12.1 Å². The smallest absolute Gasteiger partial charge is 0.252 e. The molecule has 5 nitrogen and oxygen atoms in total. The lowest BCUT2D eigenvalue weighted by molar-refractivity contribution is 0.108. The van der Waals surface area contributed by atoms with Gasteiger partial charge in [0.15, 0.2) is 9.84 Å². The number of benzene rings is 1. The second-order valence-electron chi connectivity index (χ2n) is 6.06. The summed E-state index contributed by atoms with van der Waals surface area (Å²) in [6.07, 6.45) is 4.17. The molecule has 2 rings (SSSR count). The molecule has 1 aromatic rings. The van der Waals surface area contributed by atoms with E-state index >= 15 is 0 Å². The maximum Gasteiger partial charge on any atom is 0.252 e. The molecule has 1 aromatic carbocycles. The topological polar surface area (TPSA) is 85.3 Å². The lowest BCUT2D eigenvalue weighted by Gasteiger charge is -2.34. The van der Waals surface area contributed by atoms with Crippen LogP contribution in [0, 0.1) is 6.92 Å². The molecule has 0 saturated heterocycles. The van der Waals surface area contributed by atoms with Gasteiger partial charge in [0.1, 0.15) is 10.7 Å². The van der Waals surface area contributed by atoms with E-state index in [2.05, 4.69) is 0 Å². The van der Waals surface area contributed by atoms with Crippen LogP contribution in [0.3, 0.4) is 0 Å². The van der Waals surface area contributed by atoms with Gasteiger partial charge in [0.2, 0.25) is 0 Å². The zero-order valence-electron chi connectivity index (χ0n) is 13.0. The lowest BCUT2D eigenvalue weighted by Crippen LogP contribution is -2.32. The van der Waals surface area contributed by atoms with Crippen LogP contribution < -0.4 is 0 Å². The molecule has 1 saturated carbocycles. The number of rotatable bonds is 4. The third-order valence-corrected chi connectivity index (χ3v) is 7.20. The van der Waals surface area contributed by atoms with Crippen molar-refractivity contribution in [1.29, 1.82) is 0 Å². The molecule has 23 heavy (non-hydrogen) atoms. The number of carbonyl (C=O) groups is 1. The molecule has 0 heterocycles. The molecule has 0 aliphatic heterocycles. The molecule has 1 fully saturated rings. The van der Waals surface area contributed by atoms with Gasteiger partial charge in [-0.05, 0) is 48.6 Å². The van der Waals surface area contributed by atoms with Gasteiger partial charge >= 0.3 is 0 Å². The predicted octanol–water partition coefficient (Wildman–Crippen LogP) is 2.55. The average Bonchev–Trinajstić information content (AvgIpc) is 2.45. The van der Waals surface area contributed by atoms with Crippen molar-refractivity contribution in [3.63, 3.8) is 0 Å². The molecule has 0 radical (unpaired) electrons. The van der Waals surface area contributed by atoms with Gasteiger partial charge in [0, 0.05) is 11.8 Å². The van der Waals surface area contributed by atoms with E-state index in [4.69, 9.17) is 11.6 Å². The highest BCUT2D eigenvalue weighted by Crippen LogP contribution is 2.43. The summed E-state index contributed by atoms with van der Waals surface area (Å²) in [5.74, 6) is 0. The highest BCUT2D eigenvalue weighted by Gasteiger charge is 2.41. The van der Waals surface area contributed by atoms with Crippen molar-refractivity contribution in [3.05, 3.63) is 28.8 Å². The first-order valence-electron chi connectivity index (χ1n) is 7.29. The van der Waals surface area contributed by atoms with Crippen LogP contribution in [0.25, 0.3) is 0 Å². The summed E-state index contributed by atoms with van der Waals surface area (Å²) in [4.78, 5) is 11.4. The number of hydrogen-bond acceptors (Lipinski definition) is 5. The fourth-order valence-corrected chi connectivity index (χ4v) is 5.59. The zero-order valence-corrected chi connectivity index (χ0v) is 15.4. The first-order chi connectivity index (χ1) is 10.6. The van der Waals surface area contributed by atoms with Gasteiger partial charge in [-0.15, -0.1) is 0 Å². The van der Waals surface area contributed by atoms with Crippen LogP contribution >= 0.6 is 11.6 Å². The minimum absolute atomic E-state index is 0.0860. The van der Waals surface area contributed by atoms with Crippen molar-refractivity contribution in [2.24, 2.45) is 0 Å². The van der Waals surface area contributed by atoms with E-state index in [0.717, 1.165) is 25.5 Å². The van der Waals surface area contributed by atoms with Crippen LogP contribution in [0.1, 0.15) is 53.6 Å². The van der Waals surface area contributed by atoms with Crippen molar-refractivity contribution >= 4 is 37.4 Å². The Morgan fingerprint density at radius 3 is 2.17 bits per heavy atom. The van der Waals surface area contributed by atoms with Gasteiger partial charge in [-0.2, -0.15) is 0 Å². The molecular formula is C15H19ClO5S2. The number of aryl methyl sites for hydroxylation is 1. The molecular weight excluding hydrogens is 360 g/mol. The molecule has 8 heteroatoms. The van der Waals surface area contributed by atoms with Gasteiger partial charge < -0.3 is 0 Å². The lowest BCUT2D eigenvalue weighted by atomic mass is 9.82. The van der Waals surface area contributed by atoms with Crippen LogP contribution in [0.4, 0.5) is 0 Å². The molecule has 0 unspecified atom stereocenters. The van der Waals surface area contributed by atoms with E-state index < -0.39 is 30.5 Å². The molecule has 1 aliphatic carbocycles. The SMILES string of the molecule is Cc1cc(C2([SH](=O)=O)CCCCC2)c(S(C)(=O)=O)cc1C(=O)Cl. The van der Waals surface area contributed by atoms with E-state index in [0.29, 0.717) is 18.4 Å². The second-order valence-corrected chi connectivity index (χ2v) is 9.76. The maximum absolute atomic E-state index is 12.2. The fraction of sp³-hybridized carbons (Fsp3) is 0.533. The minimum Gasteiger partial charge on any atom is -0.276 e. The number of halogens is 1. The molecule has 0 spiro atoms. The van der Waals surface area contributed by atoms with Gasteiger partial charge in [-0.25, -0.2) is 16.8 Å². The third-order valence-electron chi connectivity index (χ3n) is 4.47. The minimum atomic E-state index is -3.71. The Balaban J connectivity index is 2.84. The Morgan fingerprint density at radius 2 is 1.74 bits per heavy atom. The van der Waals surface area contributed by atoms with E-state index in [9.17, 15) is 21.6 Å². The summed E-state index contributed by atoms with van der Waals surface area (Å²) in [6, 6.07) is 2.72. The molecule has 0 amide bonds. The largest absolute Gasteiger partial charge is 0.276 e. The van der Waals surface area contributed by atoms with Crippen molar-refractivity contribution in [3.8, 4) is 0 Å². The first kappa shape index (κ1) is 18.4. The number of thiol groups is 1. The van der Waals surface area contributed by atoms with Crippen LogP contribution in [0.5, 0.6) is 0 Å². The number of sulfone groups is 1. The summed E-state index contributed by atoms with van der Waals surface area (Å²) in [7, 11) is -6.57. The van der Waals surface area contributed by atoms with Gasteiger partial charge in [-0.3, -0.25) is 4.79 Å². The van der Waals surface area contributed by atoms with Crippen LogP contribution in [0.15, 0.2) is 17.0 Å². The summed E-state index contributed by atoms with van der Waals surface area (Å²) in [5.41, 5.74) is 0.840. The summed E-state index contributed by atoms with van der Waals surface area (Å²) < 4.78 is 47.3.